The van der Waals surface area contributed by atoms with Crippen molar-refractivity contribution in [2.75, 3.05) is 36.8 Å². The minimum atomic E-state index is -3.14. The molecule has 0 unspecified atom stereocenters. The molecule has 2 heterocycles. The molecule has 1 aliphatic rings. The number of hydrogen-bond donors (Lipinski definition) is 1. The fraction of sp³-hybridized carbons (Fsp3) is 0.583. The highest BCUT2D eigenvalue weighted by Crippen LogP contribution is 2.18. The third kappa shape index (κ3) is 2.98. The molecule has 0 aliphatic carbocycles. The van der Waals surface area contributed by atoms with Crippen molar-refractivity contribution < 1.29 is 8.42 Å². The van der Waals surface area contributed by atoms with Crippen LogP contribution in [0.3, 0.4) is 0 Å². The van der Waals surface area contributed by atoms with Gasteiger partial charge in [0.25, 0.3) is 0 Å². The van der Waals surface area contributed by atoms with E-state index in [1.54, 1.807) is 30.4 Å². The Hall–Kier alpha value is -1.34. The highest BCUT2D eigenvalue weighted by atomic mass is 32.2. The van der Waals surface area contributed by atoms with E-state index >= 15 is 0 Å². The van der Waals surface area contributed by atoms with E-state index in [-0.39, 0.29) is 5.25 Å². The molecule has 0 bridgehead atoms. The van der Waals surface area contributed by atoms with Gasteiger partial charge < -0.3 is 10.6 Å². The van der Waals surface area contributed by atoms with Crippen LogP contribution in [0.25, 0.3) is 0 Å². The summed E-state index contributed by atoms with van der Waals surface area (Å²) < 4.78 is 25.7. The first-order chi connectivity index (χ1) is 8.91. The van der Waals surface area contributed by atoms with E-state index < -0.39 is 10.0 Å². The van der Waals surface area contributed by atoms with Gasteiger partial charge in [-0.25, -0.2) is 13.4 Å². The molecule has 7 heteroatoms. The summed E-state index contributed by atoms with van der Waals surface area (Å²) in [6.45, 7) is 5.82. The molecule has 0 atom stereocenters. The quantitative estimate of drug-likeness (QED) is 0.875. The topological polar surface area (TPSA) is 79.5 Å². The summed E-state index contributed by atoms with van der Waals surface area (Å²) in [5.74, 6) is 0.491. The molecule has 1 aromatic heterocycles. The van der Waals surface area contributed by atoms with Crippen molar-refractivity contribution in [3.8, 4) is 0 Å². The van der Waals surface area contributed by atoms with Gasteiger partial charge in [0.15, 0.2) is 0 Å². The van der Waals surface area contributed by atoms with Crippen LogP contribution in [0, 0.1) is 0 Å². The van der Waals surface area contributed by atoms with E-state index in [1.807, 2.05) is 6.07 Å². The van der Waals surface area contributed by atoms with Gasteiger partial charge in [-0.2, -0.15) is 4.31 Å². The molecule has 1 aliphatic heterocycles. The molecule has 0 radical (unpaired) electrons. The molecule has 2 rings (SSSR count). The highest BCUT2D eigenvalue weighted by molar-refractivity contribution is 7.89. The maximum Gasteiger partial charge on any atom is 0.216 e. The van der Waals surface area contributed by atoms with E-state index in [1.165, 1.54) is 0 Å². The molecule has 0 spiro atoms. The zero-order valence-corrected chi connectivity index (χ0v) is 12.1. The molecular weight excluding hydrogens is 264 g/mol. The Morgan fingerprint density at radius 3 is 2.32 bits per heavy atom. The number of nitrogens with zero attached hydrogens (tertiary/aromatic N) is 3. The number of pyridine rings is 1. The first-order valence-corrected chi connectivity index (χ1v) is 7.87. The molecule has 0 amide bonds. The first-order valence-electron chi connectivity index (χ1n) is 6.36. The van der Waals surface area contributed by atoms with Crippen molar-refractivity contribution in [3.05, 3.63) is 18.3 Å². The van der Waals surface area contributed by atoms with Gasteiger partial charge in [-0.15, -0.1) is 0 Å². The Balaban J connectivity index is 2.02. The monoisotopic (exact) mass is 284 g/mol. The largest absolute Gasteiger partial charge is 0.384 e. The summed E-state index contributed by atoms with van der Waals surface area (Å²) in [5, 5.41) is -0.364. The Bertz CT molecular complexity index is 519. The fourth-order valence-electron chi connectivity index (χ4n) is 2.08. The number of nitrogen functional groups attached to an aromatic ring is 1. The standard InChI is InChI=1S/C12H20N4O2S/c1-10(2)19(17,18)16-7-5-15(6-8-16)11-3-4-12(13)14-9-11/h3-4,9-10H,5-8H2,1-2H3,(H2,13,14). The Morgan fingerprint density at radius 1 is 1.21 bits per heavy atom. The van der Waals surface area contributed by atoms with Gasteiger partial charge in [0.05, 0.1) is 17.1 Å². The van der Waals surface area contributed by atoms with Gasteiger partial charge >= 0.3 is 0 Å². The zero-order valence-electron chi connectivity index (χ0n) is 11.3. The normalized spacial score (nSPS) is 17.9. The van der Waals surface area contributed by atoms with Crippen LogP contribution in [-0.2, 0) is 10.0 Å². The molecule has 1 fully saturated rings. The van der Waals surface area contributed by atoms with Crippen LogP contribution >= 0.6 is 0 Å². The summed E-state index contributed by atoms with van der Waals surface area (Å²) in [4.78, 5) is 6.18. The molecule has 106 valence electrons. The third-order valence-electron chi connectivity index (χ3n) is 3.33. The second-order valence-electron chi connectivity index (χ2n) is 4.92. The lowest BCUT2D eigenvalue weighted by molar-refractivity contribution is 0.381. The van der Waals surface area contributed by atoms with Gasteiger partial charge in [-0.3, -0.25) is 0 Å². The Kier molecular flexibility index (Phi) is 3.96. The minimum absolute atomic E-state index is 0.364. The molecule has 1 aromatic rings. The van der Waals surface area contributed by atoms with E-state index in [9.17, 15) is 8.42 Å². The van der Waals surface area contributed by atoms with Gasteiger partial charge in [0.1, 0.15) is 5.82 Å². The number of nitrogens with two attached hydrogens (primary N) is 1. The van der Waals surface area contributed by atoms with Crippen molar-refractivity contribution in [2.45, 2.75) is 19.1 Å². The molecule has 19 heavy (non-hydrogen) atoms. The van der Waals surface area contributed by atoms with Gasteiger partial charge in [0, 0.05) is 26.2 Å². The molecule has 1 saturated heterocycles. The third-order valence-corrected chi connectivity index (χ3v) is 5.61. The summed E-state index contributed by atoms with van der Waals surface area (Å²) in [6.07, 6.45) is 1.72. The summed E-state index contributed by atoms with van der Waals surface area (Å²) >= 11 is 0. The summed E-state index contributed by atoms with van der Waals surface area (Å²) in [7, 11) is -3.14. The van der Waals surface area contributed by atoms with E-state index in [4.69, 9.17) is 5.73 Å². The number of aromatic nitrogens is 1. The molecule has 2 N–H and O–H groups in total. The van der Waals surface area contributed by atoms with E-state index in [2.05, 4.69) is 9.88 Å². The highest BCUT2D eigenvalue weighted by Gasteiger charge is 2.29. The lowest BCUT2D eigenvalue weighted by atomic mass is 10.3. The number of hydrogen-bond acceptors (Lipinski definition) is 5. The van der Waals surface area contributed by atoms with Crippen LogP contribution < -0.4 is 10.6 Å². The second kappa shape index (κ2) is 5.34. The average molecular weight is 284 g/mol. The SMILES string of the molecule is CC(C)S(=O)(=O)N1CCN(c2ccc(N)nc2)CC1. The maximum atomic E-state index is 12.1. The zero-order chi connectivity index (χ0) is 14.0. The van der Waals surface area contributed by atoms with E-state index in [0.29, 0.717) is 32.0 Å². The van der Waals surface area contributed by atoms with Crippen molar-refractivity contribution in [1.29, 1.82) is 0 Å². The number of sulfonamides is 1. The lowest BCUT2D eigenvalue weighted by Gasteiger charge is -2.36. The average Bonchev–Trinajstić information content (AvgIpc) is 2.39. The smallest absolute Gasteiger partial charge is 0.216 e. The molecule has 6 nitrogen and oxygen atoms in total. The molecule has 0 aromatic carbocycles. The van der Waals surface area contributed by atoms with Crippen molar-refractivity contribution >= 4 is 21.5 Å². The number of anilines is 2. The predicted molar refractivity (Wildman–Crippen MR) is 76.5 cm³/mol. The van der Waals surface area contributed by atoms with Gasteiger partial charge in [0.2, 0.25) is 10.0 Å². The van der Waals surface area contributed by atoms with Gasteiger partial charge in [-0.1, -0.05) is 0 Å². The van der Waals surface area contributed by atoms with Crippen LogP contribution in [-0.4, -0.2) is 49.1 Å². The maximum absolute atomic E-state index is 12.1. The Morgan fingerprint density at radius 2 is 1.84 bits per heavy atom. The van der Waals surface area contributed by atoms with Crippen molar-refractivity contribution in [3.63, 3.8) is 0 Å². The van der Waals surface area contributed by atoms with Crippen molar-refractivity contribution in [2.24, 2.45) is 0 Å². The van der Waals surface area contributed by atoms with Crippen molar-refractivity contribution in [1.82, 2.24) is 9.29 Å². The molecular formula is C12H20N4O2S. The Labute approximate surface area is 114 Å². The minimum Gasteiger partial charge on any atom is -0.384 e. The van der Waals surface area contributed by atoms with Crippen LogP contribution in [0.4, 0.5) is 11.5 Å². The lowest BCUT2D eigenvalue weighted by Crippen LogP contribution is -2.50. The van der Waals surface area contributed by atoms with Crippen LogP contribution in [0.1, 0.15) is 13.8 Å². The number of rotatable bonds is 3. The van der Waals surface area contributed by atoms with Crippen LogP contribution in [0.2, 0.25) is 0 Å². The fourth-order valence-corrected chi connectivity index (χ4v) is 3.35. The van der Waals surface area contributed by atoms with Crippen LogP contribution in [0.5, 0.6) is 0 Å². The second-order valence-corrected chi connectivity index (χ2v) is 7.41. The first kappa shape index (κ1) is 14.1. The molecule has 0 saturated carbocycles. The van der Waals surface area contributed by atoms with E-state index in [0.717, 1.165) is 5.69 Å². The predicted octanol–water partition coefficient (Wildman–Crippen LogP) is 0.524. The summed E-state index contributed by atoms with van der Waals surface area (Å²) in [6, 6.07) is 3.67. The van der Waals surface area contributed by atoms with Gasteiger partial charge in [-0.05, 0) is 26.0 Å². The number of piperazine rings is 1. The summed E-state index contributed by atoms with van der Waals surface area (Å²) in [5.41, 5.74) is 6.53. The van der Waals surface area contributed by atoms with Crippen LogP contribution in [0.15, 0.2) is 18.3 Å².